The molecule has 0 radical (unpaired) electrons. The number of amides is 1. The number of carboxylic acid groups (broad SMARTS) is 1. The second kappa shape index (κ2) is 7.25. The molecule has 0 saturated carbocycles. The van der Waals surface area contributed by atoms with Gasteiger partial charge in [-0.05, 0) is 11.4 Å². The third-order valence-corrected chi connectivity index (χ3v) is 3.06. The summed E-state index contributed by atoms with van der Waals surface area (Å²) in [6.07, 6.45) is -4.79. The Morgan fingerprint density at radius 3 is 2.65 bits per heavy atom. The van der Waals surface area contributed by atoms with Crippen molar-refractivity contribution in [2.24, 2.45) is 0 Å². The number of alkyl halides is 3. The number of carboxylic acids is 1. The minimum Gasteiger partial charge on any atom is -0.479 e. The zero-order chi connectivity index (χ0) is 15.2. The lowest BCUT2D eigenvalue weighted by atomic mass is 10.2. The molecule has 0 fully saturated rings. The summed E-state index contributed by atoms with van der Waals surface area (Å²) < 4.78 is 39.6. The summed E-state index contributed by atoms with van der Waals surface area (Å²) >= 11 is 1.16. The molecule has 0 bridgehead atoms. The van der Waals surface area contributed by atoms with E-state index in [1.165, 1.54) is 0 Å². The van der Waals surface area contributed by atoms with Gasteiger partial charge in [0.1, 0.15) is 6.61 Å². The largest absolute Gasteiger partial charge is 0.479 e. The number of thiophene rings is 1. The van der Waals surface area contributed by atoms with Crippen LogP contribution in [0.15, 0.2) is 17.5 Å². The summed E-state index contributed by atoms with van der Waals surface area (Å²) in [5.41, 5.74) is 0. The van der Waals surface area contributed by atoms with Gasteiger partial charge in [0.25, 0.3) is 0 Å². The number of hydrogen-bond acceptors (Lipinski definition) is 4. The van der Waals surface area contributed by atoms with E-state index in [-0.39, 0.29) is 6.42 Å². The van der Waals surface area contributed by atoms with Gasteiger partial charge in [-0.1, -0.05) is 6.07 Å². The third-order valence-electron chi connectivity index (χ3n) is 2.12. The molecule has 0 spiro atoms. The SMILES string of the molecule is O=C(CCOCC(F)(F)F)NC(C(=O)O)c1cccs1. The maximum absolute atomic E-state index is 11.8. The van der Waals surface area contributed by atoms with E-state index in [9.17, 15) is 22.8 Å². The molecule has 5 nitrogen and oxygen atoms in total. The van der Waals surface area contributed by atoms with Gasteiger partial charge in [-0.3, -0.25) is 4.79 Å². The molecule has 0 aliphatic rings. The molecular weight excluding hydrogens is 299 g/mol. The van der Waals surface area contributed by atoms with Crippen LogP contribution in [0.1, 0.15) is 17.3 Å². The van der Waals surface area contributed by atoms with E-state index < -0.39 is 37.3 Å². The zero-order valence-electron chi connectivity index (χ0n) is 10.1. The van der Waals surface area contributed by atoms with Crippen LogP contribution < -0.4 is 5.32 Å². The fourth-order valence-corrected chi connectivity index (χ4v) is 2.06. The highest BCUT2D eigenvalue weighted by Gasteiger charge is 2.27. The van der Waals surface area contributed by atoms with Crippen molar-refractivity contribution in [1.29, 1.82) is 0 Å². The van der Waals surface area contributed by atoms with Crippen molar-refractivity contribution in [3.63, 3.8) is 0 Å². The molecule has 1 atom stereocenters. The van der Waals surface area contributed by atoms with Crippen molar-refractivity contribution >= 4 is 23.2 Å². The first-order valence-electron chi connectivity index (χ1n) is 5.49. The van der Waals surface area contributed by atoms with Gasteiger partial charge in [-0.15, -0.1) is 11.3 Å². The van der Waals surface area contributed by atoms with E-state index in [1.807, 2.05) is 0 Å². The molecule has 1 amide bonds. The number of hydrogen-bond donors (Lipinski definition) is 2. The maximum atomic E-state index is 11.8. The molecule has 112 valence electrons. The summed E-state index contributed by atoms with van der Waals surface area (Å²) in [6.45, 7) is -1.87. The van der Waals surface area contributed by atoms with Crippen LogP contribution in [0, 0.1) is 0 Å². The fourth-order valence-electron chi connectivity index (χ4n) is 1.30. The first-order chi connectivity index (χ1) is 9.29. The summed E-state index contributed by atoms with van der Waals surface area (Å²) in [5, 5.41) is 12.9. The van der Waals surface area contributed by atoms with Crippen LogP contribution in [-0.4, -0.2) is 36.4 Å². The third kappa shape index (κ3) is 6.02. The maximum Gasteiger partial charge on any atom is 0.411 e. The Morgan fingerprint density at radius 1 is 1.45 bits per heavy atom. The van der Waals surface area contributed by atoms with Crippen LogP contribution in [-0.2, 0) is 14.3 Å². The topological polar surface area (TPSA) is 75.6 Å². The summed E-state index contributed by atoms with van der Waals surface area (Å²) in [7, 11) is 0. The number of carbonyl (C=O) groups is 2. The van der Waals surface area contributed by atoms with E-state index >= 15 is 0 Å². The molecule has 0 aromatic carbocycles. The Labute approximate surface area is 116 Å². The Morgan fingerprint density at radius 2 is 2.15 bits per heavy atom. The van der Waals surface area contributed by atoms with Crippen LogP contribution in [0.25, 0.3) is 0 Å². The number of rotatable bonds is 7. The molecule has 0 aliphatic heterocycles. The highest BCUT2D eigenvalue weighted by atomic mass is 32.1. The van der Waals surface area contributed by atoms with E-state index in [0.29, 0.717) is 4.88 Å². The van der Waals surface area contributed by atoms with Gasteiger partial charge in [0.05, 0.1) is 6.61 Å². The first kappa shape index (κ1) is 16.4. The van der Waals surface area contributed by atoms with Crippen LogP contribution in [0.4, 0.5) is 13.2 Å². The highest BCUT2D eigenvalue weighted by molar-refractivity contribution is 7.10. The standard InChI is InChI=1S/C11H12F3NO4S/c12-11(13,14)6-19-4-3-8(16)15-9(10(17)18)7-2-1-5-20-7/h1-2,5,9H,3-4,6H2,(H,15,16)(H,17,18). The monoisotopic (exact) mass is 311 g/mol. The molecule has 1 heterocycles. The lowest BCUT2D eigenvalue weighted by Gasteiger charge is -2.13. The average molecular weight is 311 g/mol. The van der Waals surface area contributed by atoms with Crippen molar-refractivity contribution in [2.45, 2.75) is 18.6 Å². The zero-order valence-corrected chi connectivity index (χ0v) is 11.0. The van der Waals surface area contributed by atoms with E-state index in [0.717, 1.165) is 11.3 Å². The second-order valence-electron chi connectivity index (χ2n) is 3.77. The van der Waals surface area contributed by atoms with Crippen LogP contribution in [0.5, 0.6) is 0 Å². The first-order valence-corrected chi connectivity index (χ1v) is 6.37. The molecule has 0 aliphatic carbocycles. The lowest BCUT2D eigenvalue weighted by molar-refractivity contribution is -0.174. The van der Waals surface area contributed by atoms with E-state index in [1.54, 1.807) is 17.5 Å². The average Bonchev–Trinajstić information content (AvgIpc) is 2.83. The quantitative estimate of drug-likeness (QED) is 0.755. The van der Waals surface area contributed by atoms with E-state index in [2.05, 4.69) is 10.1 Å². The van der Waals surface area contributed by atoms with E-state index in [4.69, 9.17) is 5.11 Å². The molecule has 9 heteroatoms. The van der Waals surface area contributed by atoms with Crippen LogP contribution in [0.3, 0.4) is 0 Å². The lowest BCUT2D eigenvalue weighted by Crippen LogP contribution is -2.34. The normalized spacial score (nSPS) is 12.9. The number of aliphatic carboxylic acids is 1. The summed E-state index contributed by atoms with van der Waals surface area (Å²) in [5.74, 6) is -1.93. The van der Waals surface area contributed by atoms with Crippen molar-refractivity contribution in [3.05, 3.63) is 22.4 Å². The fraction of sp³-hybridized carbons (Fsp3) is 0.455. The number of nitrogens with one attached hydrogen (secondary N) is 1. The van der Waals surface area contributed by atoms with Gasteiger partial charge < -0.3 is 15.2 Å². The number of ether oxygens (including phenoxy) is 1. The predicted molar refractivity (Wildman–Crippen MR) is 64.3 cm³/mol. The molecule has 0 saturated heterocycles. The molecule has 20 heavy (non-hydrogen) atoms. The molecular formula is C11H12F3NO4S. The summed E-state index contributed by atoms with van der Waals surface area (Å²) in [4.78, 5) is 22.9. The minimum absolute atomic E-state index is 0.342. The van der Waals surface area contributed by atoms with Gasteiger partial charge in [0.15, 0.2) is 6.04 Å². The molecule has 1 aromatic heterocycles. The Bertz CT molecular complexity index is 447. The van der Waals surface area contributed by atoms with Gasteiger partial charge in [0, 0.05) is 11.3 Å². The Balaban J connectivity index is 2.38. The Hall–Kier alpha value is -1.61. The van der Waals surface area contributed by atoms with Crippen molar-refractivity contribution in [1.82, 2.24) is 5.32 Å². The number of carbonyl (C=O) groups excluding carboxylic acids is 1. The molecule has 1 aromatic rings. The van der Waals surface area contributed by atoms with Gasteiger partial charge in [0.2, 0.25) is 5.91 Å². The van der Waals surface area contributed by atoms with Crippen molar-refractivity contribution < 1.29 is 32.6 Å². The van der Waals surface area contributed by atoms with Crippen molar-refractivity contribution in [3.8, 4) is 0 Å². The minimum atomic E-state index is -4.45. The molecule has 1 unspecified atom stereocenters. The van der Waals surface area contributed by atoms with Crippen molar-refractivity contribution in [2.75, 3.05) is 13.2 Å². The Kier molecular flexibility index (Phi) is 5.96. The smallest absolute Gasteiger partial charge is 0.411 e. The van der Waals surface area contributed by atoms with Crippen LogP contribution in [0.2, 0.25) is 0 Å². The van der Waals surface area contributed by atoms with Gasteiger partial charge in [-0.25, -0.2) is 4.79 Å². The number of halogens is 3. The molecule has 2 N–H and O–H groups in total. The van der Waals surface area contributed by atoms with Crippen LogP contribution >= 0.6 is 11.3 Å². The second-order valence-corrected chi connectivity index (χ2v) is 4.75. The van der Waals surface area contributed by atoms with Gasteiger partial charge >= 0.3 is 12.1 Å². The predicted octanol–water partition coefficient (Wildman–Crippen LogP) is 1.96. The highest BCUT2D eigenvalue weighted by Crippen LogP contribution is 2.19. The summed E-state index contributed by atoms with van der Waals surface area (Å²) in [6, 6.07) is 1.98. The van der Waals surface area contributed by atoms with Gasteiger partial charge in [-0.2, -0.15) is 13.2 Å². The molecule has 1 rings (SSSR count).